The maximum absolute atomic E-state index is 12.6. The number of rotatable bonds is 1. The Hall–Kier alpha value is -2.34. The van der Waals surface area contributed by atoms with Crippen molar-refractivity contribution in [2.24, 2.45) is 0 Å². The molecule has 1 saturated heterocycles. The van der Waals surface area contributed by atoms with E-state index in [9.17, 15) is 9.59 Å². The molecule has 0 saturated carbocycles. The maximum Gasteiger partial charge on any atom is 0.321 e. The second-order valence-electron chi connectivity index (χ2n) is 7.26. The number of piperidine rings is 1. The Morgan fingerprint density at radius 1 is 1.19 bits per heavy atom. The number of benzene rings is 2. The van der Waals surface area contributed by atoms with Crippen molar-refractivity contribution in [3.05, 3.63) is 58.1 Å². The molecule has 2 aliphatic heterocycles. The number of urea groups is 1. The van der Waals surface area contributed by atoms with Crippen LogP contribution in [-0.4, -0.2) is 35.4 Å². The molecule has 1 N–H and O–H groups in total. The highest BCUT2D eigenvalue weighted by atomic mass is 79.9. The third-order valence-electron chi connectivity index (χ3n) is 5.37. The summed E-state index contributed by atoms with van der Waals surface area (Å²) in [6.07, 6.45) is 1.69. The minimum Gasteiger partial charge on any atom is -0.486 e. The molecule has 0 bridgehead atoms. The van der Waals surface area contributed by atoms with Crippen LogP contribution < -0.4 is 10.1 Å². The van der Waals surface area contributed by atoms with Crippen molar-refractivity contribution in [2.75, 3.05) is 18.4 Å². The molecular weight excluding hydrogens is 408 g/mol. The van der Waals surface area contributed by atoms with Gasteiger partial charge in [0.2, 0.25) is 0 Å². The van der Waals surface area contributed by atoms with Crippen LogP contribution in [0.1, 0.15) is 35.2 Å². The summed E-state index contributed by atoms with van der Waals surface area (Å²) < 4.78 is 7.24. The monoisotopic (exact) mass is 428 g/mol. The average molecular weight is 429 g/mol. The van der Waals surface area contributed by atoms with Crippen molar-refractivity contribution >= 4 is 33.4 Å². The van der Waals surface area contributed by atoms with Gasteiger partial charge in [0.05, 0.1) is 12.0 Å². The lowest BCUT2D eigenvalue weighted by Gasteiger charge is -2.43. The molecule has 2 aromatic rings. The Labute approximate surface area is 166 Å². The fraction of sp³-hybridized carbons (Fsp3) is 0.333. The van der Waals surface area contributed by atoms with Crippen LogP contribution in [0.4, 0.5) is 10.5 Å². The molecule has 1 spiro atoms. The van der Waals surface area contributed by atoms with Crippen molar-refractivity contribution in [2.45, 2.75) is 31.8 Å². The van der Waals surface area contributed by atoms with E-state index in [-0.39, 0.29) is 11.8 Å². The standard InChI is InChI=1S/C21H21BrN2O3/c1-14-12-15(6-7-17(14)22)23-20(26)24-10-8-21(9-11-24)13-18(25)16-4-2-3-5-19(16)27-21/h2-7,12H,8-11,13H2,1H3,(H,23,26). The van der Waals surface area contributed by atoms with Crippen molar-refractivity contribution in [3.8, 4) is 5.75 Å². The average Bonchev–Trinajstić information content (AvgIpc) is 2.65. The van der Waals surface area contributed by atoms with Crippen LogP contribution in [0.25, 0.3) is 0 Å². The quantitative estimate of drug-likeness (QED) is 0.709. The number of anilines is 1. The van der Waals surface area contributed by atoms with Crippen LogP contribution >= 0.6 is 15.9 Å². The Bertz CT molecular complexity index is 904. The number of ketones is 1. The van der Waals surface area contributed by atoms with Crippen LogP contribution in [0, 0.1) is 6.92 Å². The molecule has 2 heterocycles. The SMILES string of the molecule is Cc1cc(NC(=O)N2CCC3(CC2)CC(=O)c2ccccc2O3)ccc1Br. The smallest absolute Gasteiger partial charge is 0.321 e. The minimum atomic E-state index is -0.490. The number of para-hydroxylation sites is 1. The van der Waals surface area contributed by atoms with Crippen LogP contribution in [0.2, 0.25) is 0 Å². The fourth-order valence-electron chi connectivity index (χ4n) is 3.76. The third-order valence-corrected chi connectivity index (χ3v) is 6.26. The first-order valence-corrected chi connectivity index (χ1v) is 9.88. The number of Topliss-reactive ketones (excluding diaryl/α,β-unsaturated/α-hetero) is 1. The number of fused-ring (bicyclic) bond motifs is 1. The highest BCUT2D eigenvalue weighted by Crippen LogP contribution is 2.39. The predicted octanol–water partition coefficient (Wildman–Crippen LogP) is 4.79. The summed E-state index contributed by atoms with van der Waals surface area (Å²) in [5.41, 5.74) is 2.02. The van der Waals surface area contributed by atoms with E-state index < -0.39 is 5.60 Å². The first-order valence-electron chi connectivity index (χ1n) is 9.09. The fourth-order valence-corrected chi connectivity index (χ4v) is 4.01. The number of nitrogens with one attached hydrogen (secondary N) is 1. The van der Waals surface area contributed by atoms with Crippen LogP contribution in [0.5, 0.6) is 5.75 Å². The molecule has 2 aromatic carbocycles. The maximum atomic E-state index is 12.6. The number of carbonyl (C=O) groups is 2. The number of hydrogen-bond acceptors (Lipinski definition) is 3. The van der Waals surface area contributed by atoms with Crippen molar-refractivity contribution in [1.29, 1.82) is 0 Å². The van der Waals surface area contributed by atoms with Gasteiger partial charge in [-0.05, 0) is 42.8 Å². The first kappa shape index (κ1) is 18.0. The highest BCUT2D eigenvalue weighted by Gasteiger charge is 2.43. The first-order chi connectivity index (χ1) is 13.0. The Kier molecular flexibility index (Phi) is 4.68. The van der Waals surface area contributed by atoms with Gasteiger partial charge in [-0.15, -0.1) is 0 Å². The van der Waals surface area contributed by atoms with Gasteiger partial charge in [0.15, 0.2) is 5.78 Å². The summed E-state index contributed by atoms with van der Waals surface area (Å²) in [6.45, 7) is 3.12. The van der Waals surface area contributed by atoms with E-state index >= 15 is 0 Å². The zero-order valence-corrected chi connectivity index (χ0v) is 16.7. The van der Waals surface area contributed by atoms with Gasteiger partial charge in [0, 0.05) is 36.1 Å². The molecule has 0 aromatic heterocycles. The summed E-state index contributed by atoms with van der Waals surface area (Å²) in [5, 5.41) is 2.95. The summed E-state index contributed by atoms with van der Waals surface area (Å²) in [6, 6.07) is 13.0. The number of amides is 2. The number of aryl methyl sites for hydroxylation is 1. The number of ether oxygens (including phenoxy) is 1. The topological polar surface area (TPSA) is 58.6 Å². The van der Waals surface area contributed by atoms with E-state index in [4.69, 9.17) is 4.74 Å². The van der Waals surface area contributed by atoms with Gasteiger partial charge in [-0.2, -0.15) is 0 Å². The molecule has 4 rings (SSSR count). The summed E-state index contributed by atoms with van der Waals surface area (Å²) in [5.74, 6) is 0.789. The normalized spacial score (nSPS) is 18.0. The lowest BCUT2D eigenvalue weighted by atomic mass is 9.82. The Balaban J connectivity index is 1.41. The number of hydrogen-bond donors (Lipinski definition) is 1. The largest absolute Gasteiger partial charge is 0.486 e. The molecule has 0 atom stereocenters. The van der Waals surface area contributed by atoms with Crippen LogP contribution in [0.3, 0.4) is 0 Å². The third kappa shape index (κ3) is 3.58. The lowest BCUT2D eigenvalue weighted by molar-refractivity contribution is 0.000391. The summed E-state index contributed by atoms with van der Waals surface area (Å²) in [4.78, 5) is 26.9. The number of carbonyl (C=O) groups excluding carboxylic acids is 2. The summed E-state index contributed by atoms with van der Waals surface area (Å²) >= 11 is 3.46. The van der Waals surface area contributed by atoms with Crippen LogP contribution in [0.15, 0.2) is 46.9 Å². The molecule has 27 heavy (non-hydrogen) atoms. The van der Waals surface area contributed by atoms with Gasteiger partial charge in [0.1, 0.15) is 11.4 Å². The van der Waals surface area contributed by atoms with Crippen molar-refractivity contribution in [1.82, 2.24) is 4.90 Å². The second kappa shape index (κ2) is 7.00. The van der Waals surface area contributed by atoms with E-state index in [1.165, 1.54) is 0 Å². The molecule has 0 radical (unpaired) electrons. The van der Waals surface area contributed by atoms with Gasteiger partial charge in [-0.3, -0.25) is 4.79 Å². The van der Waals surface area contributed by atoms with E-state index in [1.54, 1.807) is 4.90 Å². The molecule has 2 aliphatic rings. The molecule has 0 unspecified atom stereocenters. The van der Waals surface area contributed by atoms with Gasteiger partial charge >= 0.3 is 6.03 Å². The predicted molar refractivity (Wildman–Crippen MR) is 107 cm³/mol. The van der Waals surface area contributed by atoms with Crippen molar-refractivity contribution < 1.29 is 14.3 Å². The van der Waals surface area contributed by atoms with Gasteiger partial charge in [-0.1, -0.05) is 28.1 Å². The molecule has 1 fully saturated rings. The van der Waals surface area contributed by atoms with Gasteiger partial charge in [0.25, 0.3) is 0 Å². The van der Waals surface area contributed by atoms with E-state index in [1.807, 2.05) is 49.4 Å². The van der Waals surface area contributed by atoms with E-state index in [0.29, 0.717) is 43.7 Å². The molecule has 2 amide bonds. The molecule has 140 valence electrons. The van der Waals surface area contributed by atoms with E-state index in [0.717, 1.165) is 15.7 Å². The Morgan fingerprint density at radius 3 is 2.67 bits per heavy atom. The van der Waals surface area contributed by atoms with Crippen LogP contribution in [-0.2, 0) is 0 Å². The van der Waals surface area contributed by atoms with Crippen molar-refractivity contribution in [3.63, 3.8) is 0 Å². The molecule has 0 aliphatic carbocycles. The Morgan fingerprint density at radius 2 is 1.93 bits per heavy atom. The molecule has 5 nitrogen and oxygen atoms in total. The van der Waals surface area contributed by atoms with Gasteiger partial charge in [-0.25, -0.2) is 4.79 Å². The zero-order valence-electron chi connectivity index (χ0n) is 15.1. The molecular formula is C21H21BrN2O3. The zero-order chi connectivity index (χ0) is 19.0. The minimum absolute atomic E-state index is 0.117. The lowest BCUT2D eigenvalue weighted by Crippen LogP contribution is -2.53. The van der Waals surface area contributed by atoms with E-state index in [2.05, 4.69) is 21.2 Å². The number of likely N-dealkylation sites (tertiary alicyclic amines) is 1. The highest BCUT2D eigenvalue weighted by molar-refractivity contribution is 9.10. The van der Waals surface area contributed by atoms with Gasteiger partial charge < -0.3 is 15.0 Å². The summed E-state index contributed by atoms with van der Waals surface area (Å²) in [7, 11) is 0. The number of halogens is 1. The molecule has 6 heteroatoms. The second-order valence-corrected chi connectivity index (χ2v) is 8.12. The number of nitrogens with zero attached hydrogens (tertiary/aromatic N) is 1.